The molecule has 1 aromatic rings. The van der Waals surface area contributed by atoms with E-state index in [1.54, 1.807) is 18.4 Å². The van der Waals surface area contributed by atoms with Crippen LogP contribution < -0.4 is 0 Å². The Hall–Kier alpha value is -0.410. The van der Waals surface area contributed by atoms with E-state index in [0.29, 0.717) is 5.92 Å². The fourth-order valence-corrected chi connectivity index (χ4v) is 2.00. The van der Waals surface area contributed by atoms with Gasteiger partial charge in [-0.2, -0.15) is 0 Å². The monoisotopic (exact) mass is 199 g/mol. The summed E-state index contributed by atoms with van der Waals surface area (Å²) in [4.78, 5) is 4.55. The summed E-state index contributed by atoms with van der Waals surface area (Å²) >= 11 is 1.69. The normalized spacial score (nSPS) is 15.7. The Morgan fingerprint density at radius 3 is 2.77 bits per heavy atom. The standard InChI is InChI=1S/C10H17NOS/c1-5-7(2)9-6-13-10(11-9)8(3)12-4/h6-8H,5H2,1-4H3. The quantitative estimate of drug-likeness (QED) is 0.741. The van der Waals surface area contributed by atoms with Crippen LogP contribution in [-0.4, -0.2) is 12.1 Å². The Labute approximate surface area is 84.0 Å². The predicted molar refractivity (Wildman–Crippen MR) is 56.2 cm³/mol. The average Bonchev–Trinajstić information content (AvgIpc) is 2.64. The first kappa shape index (κ1) is 10.7. The minimum atomic E-state index is 0.128. The first-order valence-corrected chi connectivity index (χ1v) is 5.55. The molecule has 0 fully saturated rings. The molecule has 0 aromatic carbocycles. The van der Waals surface area contributed by atoms with Crippen LogP contribution in [0.1, 0.15) is 49.9 Å². The molecule has 0 aliphatic rings. The lowest BCUT2D eigenvalue weighted by Gasteiger charge is -2.05. The van der Waals surface area contributed by atoms with Gasteiger partial charge in [-0.25, -0.2) is 4.98 Å². The molecule has 74 valence electrons. The number of methoxy groups -OCH3 is 1. The molecule has 0 spiro atoms. The van der Waals surface area contributed by atoms with Crippen LogP contribution >= 0.6 is 11.3 Å². The van der Waals surface area contributed by atoms with Gasteiger partial charge in [0.1, 0.15) is 11.1 Å². The van der Waals surface area contributed by atoms with Gasteiger partial charge in [-0.1, -0.05) is 13.8 Å². The molecule has 0 saturated carbocycles. The summed E-state index contributed by atoms with van der Waals surface area (Å²) in [6.07, 6.45) is 1.27. The Balaban J connectivity index is 2.74. The van der Waals surface area contributed by atoms with E-state index in [1.165, 1.54) is 5.69 Å². The number of rotatable bonds is 4. The van der Waals surface area contributed by atoms with Crippen LogP contribution in [0.5, 0.6) is 0 Å². The van der Waals surface area contributed by atoms with E-state index >= 15 is 0 Å². The zero-order valence-electron chi connectivity index (χ0n) is 8.70. The first-order chi connectivity index (χ1) is 6.19. The number of aromatic nitrogens is 1. The van der Waals surface area contributed by atoms with Gasteiger partial charge >= 0.3 is 0 Å². The van der Waals surface area contributed by atoms with E-state index in [2.05, 4.69) is 24.2 Å². The molecule has 13 heavy (non-hydrogen) atoms. The fourth-order valence-electron chi connectivity index (χ4n) is 1.02. The molecular formula is C10H17NOS. The van der Waals surface area contributed by atoms with Gasteiger partial charge in [0, 0.05) is 12.5 Å². The lowest BCUT2D eigenvalue weighted by molar-refractivity contribution is 0.119. The van der Waals surface area contributed by atoms with Crippen molar-refractivity contribution in [2.24, 2.45) is 0 Å². The molecule has 3 heteroatoms. The minimum absolute atomic E-state index is 0.128. The van der Waals surface area contributed by atoms with Gasteiger partial charge in [-0.15, -0.1) is 11.3 Å². The van der Waals surface area contributed by atoms with Crippen LogP contribution in [0.3, 0.4) is 0 Å². The smallest absolute Gasteiger partial charge is 0.121 e. The molecule has 2 atom stereocenters. The third-order valence-corrected chi connectivity index (χ3v) is 3.38. The number of nitrogens with zero attached hydrogens (tertiary/aromatic N) is 1. The lowest BCUT2D eigenvalue weighted by atomic mass is 10.1. The molecule has 2 nitrogen and oxygen atoms in total. The van der Waals surface area contributed by atoms with Gasteiger partial charge in [0.25, 0.3) is 0 Å². The Kier molecular flexibility index (Phi) is 3.88. The second-order valence-corrected chi connectivity index (χ2v) is 4.19. The first-order valence-electron chi connectivity index (χ1n) is 4.67. The number of hydrogen-bond acceptors (Lipinski definition) is 3. The van der Waals surface area contributed by atoms with Gasteiger partial charge in [0.2, 0.25) is 0 Å². The van der Waals surface area contributed by atoms with E-state index < -0.39 is 0 Å². The molecule has 0 N–H and O–H groups in total. The van der Waals surface area contributed by atoms with Crippen LogP contribution in [0.4, 0.5) is 0 Å². The zero-order chi connectivity index (χ0) is 9.84. The van der Waals surface area contributed by atoms with E-state index in [0.717, 1.165) is 11.4 Å². The Morgan fingerprint density at radius 1 is 1.54 bits per heavy atom. The maximum absolute atomic E-state index is 5.21. The Morgan fingerprint density at radius 2 is 2.23 bits per heavy atom. The van der Waals surface area contributed by atoms with Crippen molar-refractivity contribution in [2.75, 3.05) is 7.11 Å². The number of ether oxygens (including phenoxy) is 1. The van der Waals surface area contributed by atoms with Crippen molar-refractivity contribution in [2.45, 2.75) is 39.2 Å². The third-order valence-electron chi connectivity index (χ3n) is 2.36. The molecule has 0 amide bonds. The average molecular weight is 199 g/mol. The van der Waals surface area contributed by atoms with E-state index in [1.807, 2.05) is 6.92 Å². The number of hydrogen-bond donors (Lipinski definition) is 0. The summed E-state index contributed by atoms with van der Waals surface area (Å²) in [6, 6.07) is 0. The SMILES string of the molecule is CCC(C)c1csc(C(C)OC)n1. The van der Waals surface area contributed by atoms with Crippen molar-refractivity contribution < 1.29 is 4.74 Å². The maximum Gasteiger partial charge on any atom is 0.121 e. The highest BCUT2D eigenvalue weighted by Gasteiger charge is 2.12. The fraction of sp³-hybridized carbons (Fsp3) is 0.700. The molecular weight excluding hydrogens is 182 g/mol. The summed E-state index contributed by atoms with van der Waals surface area (Å²) in [5.41, 5.74) is 1.20. The van der Waals surface area contributed by atoms with Crippen molar-refractivity contribution in [3.63, 3.8) is 0 Å². The van der Waals surface area contributed by atoms with Crippen LogP contribution in [-0.2, 0) is 4.74 Å². The van der Waals surface area contributed by atoms with Crippen molar-refractivity contribution in [1.82, 2.24) is 4.98 Å². The van der Waals surface area contributed by atoms with E-state index in [-0.39, 0.29) is 6.10 Å². The summed E-state index contributed by atoms with van der Waals surface area (Å²) in [6.45, 7) is 6.42. The van der Waals surface area contributed by atoms with Crippen molar-refractivity contribution in [1.29, 1.82) is 0 Å². The van der Waals surface area contributed by atoms with Crippen LogP contribution in [0, 0.1) is 0 Å². The highest BCUT2D eigenvalue weighted by Crippen LogP contribution is 2.25. The van der Waals surface area contributed by atoms with Gasteiger partial charge in [0.15, 0.2) is 0 Å². The lowest BCUT2D eigenvalue weighted by Crippen LogP contribution is -1.97. The molecule has 0 aliphatic heterocycles. The van der Waals surface area contributed by atoms with Crippen molar-refractivity contribution in [3.05, 3.63) is 16.1 Å². The van der Waals surface area contributed by atoms with Crippen LogP contribution in [0.15, 0.2) is 5.38 Å². The zero-order valence-corrected chi connectivity index (χ0v) is 9.52. The topological polar surface area (TPSA) is 22.1 Å². The highest BCUT2D eigenvalue weighted by molar-refractivity contribution is 7.09. The summed E-state index contributed by atoms with van der Waals surface area (Å²) < 4.78 is 5.21. The summed E-state index contributed by atoms with van der Waals surface area (Å²) in [5, 5.41) is 3.22. The van der Waals surface area contributed by atoms with Gasteiger partial charge in [-0.3, -0.25) is 0 Å². The van der Waals surface area contributed by atoms with Crippen molar-refractivity contribution in [3.8, 4) is 0 Å². The van der Waals surface area contributed by atoms with E-state index in [4.69, 9.17) is 4.74 Å². The summed E-state index contributed by atoms with van der Waals surface area (Å²) in [5.74, 6) is 0.564. The molecule has 0 saturated heterocycles. The third kappa shape index (κ3) is 2.51. The Bertz CT molecular complexity index is 235. The second-order valence-electron chi connectivity index (χ2n) is 3.30. The van der Waals surface area contributed by atoms with E-state index in [9.17, 15) is 0 Å². The maximum atomic E-state index is 5.21. The van der Waals surface area contributed by atoms with Gasteiger partial charge in [-0.05, 0) is 19.3 Å². The van der Waals surface area contributed by atoms with Gasteiger partial charge in [0.05, 0.1) is 5.69 Å². The summed E-state index contributed by atoms with van der Waals surface area (Å²) in [7, 11) is 1.72. The highest BCUT2D eigenvalue weighted by atomic mass is 32.1. The van der Waals surface area contributed by atoms with Crippen LogP contribution in [0.2, 0.25) is 0 Å². The molecule has 1 heterocycles. The van der Waals surface area contributed by atoms with Crippen molar-refractivity contribution >= 4 is 11.3 Å². The molecule has 0 radical (unpaired) electrons. The largest absolute Gasteiger partial charge is 0.375 e. The molecule has 0 aliphatic carbocycles. The molecule has 1 rings (SSSR count). The molecule has 0 bridgehead atoms. The predicted octanol–water partition coefficient (Wildman–Crippen LogP) is 3.36. The minimum Gasteiger partial charge on any atom is -0.375 e. The number of thiazole rings is 1. The molecule has 2 unspecified atom stereocenters. The molecule has 1 aromatic heterocycles. The van der Waals surface area contributed by atoms with Gasteiger partial charge < -0.3 is 4.74 Å². The van der Waals surface area contributed by atoms with Crippen LogP contribution in [0.25, 0.3) is 0 Å². The second kappa shape index (κ2) is 4.72.